The smallest absolute Gasteiger partial charge is 0.328 e. The number of benzene rings is 2. The molecule has 2 aliphatic rings. The van der Waals surface area contributed by atoms with Crippen LogP contribution in [0.3, 0.4) is 0 Å². The molecule has 2 fully saturated rings. The number of rotatable bonds is 5. The number of nitrogens with zero attached hydrogens (tertiary/aromatic N) is 2. The minimum Gasteiger partial charge on any atom is -0.497 e. The van der Waals surface area contributed by atoms with Crippen LogP contribution >= 0.6 is 0 Å². The summed E-state index contributed by atoms with van der Waals surface area (Å²) in [6, 6.07) is 14.0. The Bertz CT molecular complexity index is 778. The van der Waals surface area contributed by atoms with Crippen molar-refractivity contribution in [3.05, 3.63) is 59.7 Å². The number of methoxy groups -OCH3 is 2. The molecule has 140 valence electrons. The van der Waals surface area contributed by atoms with Crippen molar-refractivity contribution in [2.45, 2.75) is 24.9 Å². The zero-order valence-corrected chi connectivity index (χ0v) is 15.4. The third-order valence-corrected chi connectivity index (χ3v) is 5.35. The maximum Gasteiger partial charge on any atom is 0.328 e. The van der Waals surface area contributed by atoms with E-state index in [0.717, 1.165) is 35.5 Å². The van der Waals surface area contributed by atoms with E-state index >= 15 is 0 Å². The summed E-state index contributed by atoms with van der Waals surface area (Å²) >= 11 is 0. The summed E-state index contributed by atoms with van der Waals surface area (Å²) in [6.45, 7) is 0.643. The Hall–Kier alpha value is -3.02. The molecule has 6 nitrogen and oxygen atoms in total. The molecule has 0 unspecified atom stereocenters. The predicted octanol–water partition coefficient (Wildman–Crippen LogP) is 3.22. The van der Waals surface area contributed by atoms with Crippen molar-refractivity contribution >= 4 is 11.9 Å². The number of carbonyl (C=O) groups excluding carboxylic acids is 2. The number of ether oxygens (including phenoxy) is 2. The molecule has 0 radical (unpaired) electrons. The molecule has 0 aliphatic carbocycles. The largest absolute Gasteiger partial charge is 0.497 e. The van der Waals surface area contributed by atoms with Gasteiger partial charge in [-0.25, -0.2) is 4.79 Å². The van der Waals surface area contributed by atoms with Crippen molar-refractivity contribution < 1.29 is 19.1 Å². The standard InChI is InChI=1S/C21H22N2O4/c1-26-16-9-5-14(6-10-16)19(15-7-11-17(27-2)12-8-15)23-20(24)18-4-3-13-22(18)21(23)25/h5-12,18-19H,3-4,13H2,1-2H3/t18-/m0/s1. The fourth-order valence-corrected chi connectivity index (χ4v) is 3.95. The summed E-state index contributed by atoms with van der Waals surface area (Å²) in [5.74, 6) is 1.34. The van der Waals surface area contributed by atoms with Gasteiger partial charge in [-0.2, -0.15) is 0 Å². The van der Waals surface area contributed by atoms with Crippen LogP contribution < -0.4 is 9.47 Å². The third-order valence-electron chi connectivity index (χ3n) is 5.35. The van der Waals surface area contributed by atoms with Crippen molar-refractivity contribution in [1.82, 2.24) is 9.80 Å². The van der Waals surface area contributed by atoms with E-state index in [-0.39, 0.29) is 18.0 Å². The van der Waals surface area contributed by atoms with E-state index < -0.39 is 6.04 Å². The summed E-state index contributed by atoms with van der Waals surface area (Å²) in [5.41, 5.74) is 1.73. The molecular weight excluding hydrogens is 344 g/mol. The molecular formula is C21H22N2O4. The summed E-state index contributed by atoms with van der Waals surface area (Å²) in [7, 11) is 3.22. The second-order valence-electron chi connectivity index (χ2n) is 6.79. The van der Waals surface area contributed by atoms with Crippen molar-refractivity contribution in [3.63, 3.8) is 0 Å². The van der Waals surface area contributed by atoms with Crippen molar-refractivity contribution in [1.29, 1.82) is 0 Å². The highest BCUT2D eigenvalue weighted by Crippen LogP contribution is 2.38. The number of imide groups is 1. The van der Waals surface area contributed by atoms with Crippen LogP contribution in [0.1, 0.15) is 30.0 Å². The van der Waals surface area contributed by atoms with E-state index in [9.17, 15) is 9.59 Å². The van der Waals surface area contributed by atoms with E-state index in [1.54, 1.807) is 19.1 Å². The zero-order valence-electron chi connectivity index (χ0n) is 15.4. The highest BCUT2D eigenvalue weighted by molar-refractivity contribution is 6.05. The molecule has 0 N–H and O–H groups in total. The summed E-state index contributed by atoms with van der Waals surface area (Å²) in [6.07, 6.45) is 1.62. The minimum absolute atomic E-state index is 0.117. The molecule has 27 heavy (non-hydrogen) atoms. The first kappa shape index (κ1) is 17.4. The fourth-order valence-electron chi connectivity index (χ4n) is 3.95. The van der Waals surface area contributed by atoms with Crippen LogP contribution in [0.2, 0.25) is 0 Å². The van der Waals surface area contributed by atoms with Gasteiger partial charge < -0.3 is 14.4 Å². The molecule has 2 aromatic carbocycles. The highest BCUT2D eigenvalue weighted by atomic mass is 16.5. The Kier molecular flexibility index (Phi) is 4.48. The van der Waals surface area contributed by atoms with Crippen LogP contribution in [0.15, 0.2) is 48.5 Å². The Morgan fingerprint density at radius 1 is 0.889 bits per heavy atom. The lowest BCUT2D eigenvalue weighted by Gasteiger charge is -2.27. The quantitative estimate of drug-likeness (QED) is 0.763. The Morgan fingerprint density at radius 3 is 1.85 bits per heavy atom. The van der Waals surface area contributed by atoms with Crippen LogP contribution in [0.25, 0.3) is 0 Å². The SMILES string of the molecule is COc1ccc(C(c2ccc(OC)cc2)N2C(=O)[C@@H]3CCCN3C2=O)cc1. The summed E-state index contributed by atoms with van der Waals surface area (Å²) in [4.78, 5) is 29.2. The normalized spacial score (nSPS) is 19.0. The first-order valence-electron chi connectivity index (χ1n) is 9.05. The minimum atomic E-state index is -0.479. The van der Waals surface area contributed by atoms with Gasteiger partial charge in [0, 0.05) is 6.54 Å². The number of hydrogen-bond acceptors (Lipinski definition) is 4. The fraction of sp³-hybridized carbons (Fsp3) is 0.333. The number of fused-ring (bicyclic) bond motifs is 1. The molecule has 2 heterocycles. The van der Waals surface area contributed by atoms with Crippen LogP contribution in [0, 0.1) is 0 Å². The van der Waals surface area contributed by atoms with Gasteiger partial charge >= 0.3 is 6.03 Å². The average molecular weight is 366 g/mol. The molecule has 1 atom stereocenters. The van der Waals surface area contributed by atoms with Crippen molar-refractivity contribution in [2.24, 2.45) is 0 Å². The van der Waals surface area contributed by atoms with E-state index in [4.69, 9.17) is 9.47 Å². The molecule has 2 saturated heterocycles. The summed E-state index contributed by atoms with van der Waals surface area (Å²) in [5, 5.41) is 0. The van der Waals surface area contributed by atoms with Gasteiger partial charge in [-0.1, -0.05) is 24.3 Å². The Balaban J connectivity index is 1.77. The predicted molar refractivity (Wildman–Crippen MR) is 99.8 cm³/mol. The second-order valence-corrected chi connectivity index (χ2v) is 6.79. The number of urea groups is 1. The molecule has 2 aliphatic heterocycles. The van der Waals surface area contributed by atoms with Gasteiger partial charge in [0.15, 0.2) is 0 Å². The maximum atomic E-state index is 13.0. The summed E-state index contributed by atoms with van der Waals surface area (Å²) < 4.78 is 10.5. The van der Waals surface area contributed by atoms with E-state index in [1.807, 2.05) is 48.5 Å². The van der Waals surface area contributed by atoms with Gasteiger partial charge in [-0.3, -0.25) is 9.69 Å². The second kappa shape index (κ2) is 6.95. The van der Waals surface area contributed by atoms with Gasteiger partial charge in [-0.05, 0) is 48.2 Å². The van der Waals surface area contributed by atoms with Gasteiger partial charge in [0.1, 0.15) is 17.5 Å². The molecule has 0 aromatic heterocycles. The van der Waals surface area contributed by atoms with E-state index in [1.165, 1.54) is 4.90 Å². The van der Waals surface area contributed by atoms with Gasteiger partial charge in [0.2, 0.25) is 0 Å². The van der Waals surface area contributed by atoms with E-state index in [2.05, 4.69) is 0 Å². The molecule has 0 saturated carbocycles. The Morgan fingerprint density at radius 2 is 1.41 bits per heavy atom. The van der Waals surface area contributed by atoms with Crippen LogP contribution in [-0.2, 0) is 4.79 Å². The van der Waals surface area contributed by atoms with E-state index in [0.29, 0.717) is 6.54 Å². The van der Waals surface area contributed by atoms with Crippen LogP contribution in [0.5, 0.6) is 11.5 Å². The molecule has 3 amide bonds. The van der Waals surface area contributed by atoms with Crippen LogP contribution in [0.4, 0.5) is 4.79 Å². The molecule has 4 rings (SSSR count). The third kappa shape index (κ3) is 2.91. The first-order chi connectivity index (χ1) is 13.1. The molecule has 0 spiro atoms. The zero-order chi connectivity index (χ0) is 19.0. The average Bonchev–Trinajstić information content (AvgIpc) is 3.29. The monoisotopic (exact) mass is 366 g/mol. The number of amides is 3. The van der Waals surface area contributed by atoms with Crippen molar-refractivity contribution in [3.8, 4) is 11.5 Å². The van der Waals surface area contributed by atoms with Crippen LogP contribution in [-0.4, -0.2) is 48.5 Å². The molecule has 2 aromatic rings. The first-order valence-corrected chi connectivity index (χ1v) is 9.05. The lowest BCUT2D eigenvalue weighted by Crippen LogP contribution is -2.37. The van der Waals surface area contributed by atoms with Gasteiger partial charge in [0.25, 0.3) is 5.91 Å². The van der Waals surface area contributed by atoms with Crippen molar-refractivity contribution in [2.75, 3.05) is 20.8 Å². The molecule has 6 heteroatoms. The lowest BCUT2D eigenvalue weighted by atomic mass is 9.96. The maximum absolute atomic E-state index is 13.0. The Labute approximate surface area is 158 Å². The van der Waals surface area contributed by atoms with Gasteiger partial charge in [0.05, 0.1) is 20.3 Å². The lowest BCUT2D eigenvalue weighted by molar-refractivity contribution is -0.129. The number of carbonyl (C=O) groups is 2. The van der Waals surface area contributed by atoms with Gasteiger partial charge in [-0.15, -0.1) is 0 Å². The molecule has 0 bridgehead atoms. The number of hydrogen-bond donors (Lipinski definition) is 0. The topological polar surface area (TPSA) is 59.1 Å². The highest BCUT2D eigenvalue weighted by Gasteiger charge is 2.50.